The molecule has 0 saturated carbocycles. The number of fused-ring (bicyclic) bond motifs is 3. The number of hydrogen-bond acceptors (Lipinski definition) is 6. The molecule has 1 aliphatic heterocycles. The maximum absolute atomic E-state index is 13.2. The number of furan rings is 1. The maximum Gasteiger partial charge on any atom is 0.375 e. The van der Waals surface area contributed by atoms with Gasteiger partial charge in [-0.05, 0) is 56.3 Å². The van der Waals surface area contributed by atoms with Crippen LogP contribution >= 0.6 is 11.8 Å². The van der Waals surface area contributed by atoms with Crippen LogP contribution in [0.25, 0.3) is 11.0 Å². The second-order valence-electron chi connectivity index (χ2n) is 7.49. The number of benzene rings is 3. The van der Waals surface area contributed by atoms with E-state index < -0.39 is 12.6 Å². The summed E-state index contributed by atoms with van der Waals surface area (Å²) in [7, 11) is 0. The molecule has 1 amide bonds. The number of anilines is 2. The first-order valence-corrected chi connectivity index (χ1v) is 11.4. The molecule has 6 nitrogen and oxygen atoms in total. The summed E-state index contributed by atoms with van der Waals surface area (Å²) in [6, 6.07) is 20.7. The third kappa shape index (κ3) is 3.85. The number of rotatable bonds is 5. The molecule has 1 aromatic heterocycles. The quantitative estimate of drug-likeness (QED) is 0.335. The molecule has 0 fully saturated rings. The van der Waals surface area contributed by atoms with Gasteiger partial charge in [0.05, 0.1) is 18.0 Å². The lowest BCUT2D eigenvalue weighted by Gasteiger charge is -2.30. The highest BCUT2D eigenvalue weighted by atomic mass is 32.2. The van der Waals surface area contributed by atoms with Crippen molar-refractivity contribution in [2.75, 3.05) is 18.1 Å². The van der Waals surface area contributed by atoms with Crippen LogP contribution in [0.5, 0.6) is 5.75 Å². The van der Waals surface area contributed by atoms with Crippen LogP contribution in [0.3, 0.4) is 0 Å². The average molecular weight is 460 g/mol. The zero-order chi connectivity index (χ0) is 22.9. The smallest absolute Gasteiger partial charge is 0.375 e. The van der Waals surface area contributed by atoms with Gasteiger partial charge in [0.15, 0.2) is 6.61 Å². The van der Waals surface area contributed by atoms with Gasteiger partial charge in [0.1, 0.15) is 11.3 Å². The Balaban J connectivity index is 1.38. The number of esters is 1. The number of carbonyl (C=O) groups excluding carboxylic acids is 2. The van der Waals surface area contributed by atoms with Crippen molar-refractivity contribution in [3.8, 4) is 5.75 Å². The summed E-state index contributed by atoms with van der Waals surface area (Å²) in [5.74, 6) is -0.232. The Hall–Kier alpha value is -3.71. The van der Waals surface area contributed by atoms with Crippen LogP contribution in [0.2, 0.25) is 0 Å². The summed E-state index contributed by atoms with van der Waals surface area (Å²) in [5.41, 5.74) is 2.75. The van der Waals surface area contributed by atoms with E-state index in [4.69, 9.17) is 13.9 Å². The topological polar surface area (TPSA) is 69.0 Å². The Morgan fingerprint density at radius 3 is 2.30 bits per heavy atom. The van der Waals surface area contributed by atoms with Gasteiger partial charge in [-0.2, -0.15) is 0 Å². The molecule has 0 N–H and O–H groups in total. The molecule has 0 bridgehead atoms. The standard InChI is InChI=1S/C26H21NO5S/c1-3-30-17-12-13-21-18(14-17)16(2)25(32-21)26(29)31-15-24(28)27-19-8-4-6-10-22(19)33-23-11-7-5-9-20(23)27/h4-14H,3,15H2,1-2H3. The number of nitrogens with zero attached hydrogens (tertiary/aromatic N) is 1. The molecule has 2 heterocycles. The summed E-state index contributed by atoms with van der Waals surface area (Å²) >= 11 is 1.61. The van der Waals surface area contributed by atoms with Crippen LogP contribution in [0.4, 0.5) is 11.4 Å². The van der Waals surface area contributed by atoms with Gasteiger partial charge in [-0.15, -0.1) is 0 Å². The second kappa shape index (κ2) is 8.67. The van der Waals surface area contributed by atoms with E-state index in [0.29, 0.717) is 23.5 Å². The highest BCUT2D eigenvalue weighted by Crippen LogP contribution is 2.47. The number of hydrogen-bond donors (Lipinski definition) is 0. The van der Waals surface area contributed by atoms with Crippen molar-refractivity contribution in [3.63, 3.8) is 0 Å². The van der Waals surface area contributed by atoms with E-state index in [1.54, 1.807) is 35.7 Å². The van der Waals surface area contributed by atoms with Crippen molar-refractivity contribution in [1.29, 1.82) is 0 Å². The van der Waals surface area contributed by atoms with E-state index in [9.17, 15) is 9.59 Å². The van der Waals surface area contributed by atoms with Gasteiger partial charge in [0.25, 0.3) is 5.91 Å². The lowest BCUT2D eigenvalue weighted by molar-refractivity contribution is -0.121. The third-order valence-corrected chi connectivity index (χ3v) is 6.54. The molecule has 0 saturated heterocycles. The van der Waals surface area contributed by atoms with Gasteiger partial charge in [-0.3, -0.25) is 9.69 Å². The van der Waals surface area contributed by atoms with Gasteiger partial charge in [-0.1, -0.05) is 36.0 Å². The van der Waals surface area contributed by atoms with Crippen LogP contribution in [-0.2, 0) is 9.53 Å². The minimum absolute atomic E-state index is 0.0847. The molecule has 1 aliphatic rings. The minimum Gasteiger partial charge on any atom is -0.494 e. The van der Waals surface area contributed by atoms with Crippen LogP contribution in [0, 0.1) is 6.92 Å². The number of ether oxygens (including phenoxy) is 2. The van der Waals surface area contributed by atoms with Gasteiger partial charge in [-0.25, -0.2) is 4.79 Å². The van der Waals surface area contributed by atoms with E-state index in [1.807, 2.05) is 61.5 Å². The molecule has 0 radical (unpaired) electrons. The van der Waals surface area contributed by atoms with Crippen LogP contribution in [0.15, 0.2) is 80.9 Å². The fourth-order valence-electron chi connectivity index (χ4n) is 3.88. The Morgan fingerprint density at radius 1 is 0.970 bits per heavy atom. The van der Waals surface area contributed by atoms with Crippen molar-refractivity contribution in [2.24, 2.45) is 0 Å². The molecule has 7 heteroatoms. The molecular weight excluding hydrogens is 438 g/mol. The van der Waals surface area contributed by atoms with Crippen molar-refractivity contribution in [1.82, 2.24) is 0 Å². The molecule has 0 unspecified atom stereocenters. The second-order valence-corrected chi connectivity index (χ2v) is 8.57. The average Bonchev–Trinajstić information content (AvgIpc) is 3.17. The molecule has 5 rings (SSSR count). The van der Waals surface area contributed by atoms with E-state index in [0.717, 1.165) is 26.6 Å². The van der Waals surface area contributed by atoms with Crippen molar-refractivity contribution in [3.05, 3.63) is 78.1 Å². The molecule has 0 aliphatic carbocycles. The molecule has 3 aromatic carbocycles. The maximum atomic E-state index is 13.2. The lowest BCUT2D eigenvalue weighted by Crippen LogP contribution is -2.32. The predicted octanol–water partition coefficient (Wildman–Crippen LogP) is 6.13. The van der Waals surface area contributed by atoms with Gasteiger partial charge in [0, 0.05) is 20.7 Å². The largest absolute Gasteiger partial charge is 0.494 e. The number of amides is 1. The van der Waals surface area contributed by atoms with Gasteiger partial charge < -0.3 is 13.9 Å². The van der Waals surface area contributed by atoms with Crippen molar-refractivity contribution < 1.29 is 23.5 Å². The van der Waals surface area contributed by atoms with E-state index in [1.165, 1.54) is 0 Å². The first-order valence-electron chi connectivity index (χ1n) is 10.6. The molecule has 0 spiro atoms. The number of aryl methyl sites for hydroxylation is 1. The van der Waals surface area contributed by atoms with Crippen molar-refractivity contribution in [2.45, 2.75) is 23.6 Å². The Morgan fingerprint density at radius 2 is 1.64 bits per heavy atom. The molecule has 4 aromatic rings. The molecule has 166 valence electrons. The summed E-state index contributed by atoms with van der Waals surface area (Å²) < 4.78 is 16.7. The summed E-state index contributed by atoms with van der Waals surface area (Å²) in [6.45, 7) is 3.83. The summed E-state index contributed by atoms with van der Waals surface area (Å²) in [6.07, 6.45) is 0. The monoisotopic (exact) mass is 459 g/mol. The first-order chi connectivity index (χ1) is 16.1. The Kier molecular flexibility index (Phi) is 5.56. The minimum atomic E-state index is -0.678. The van der Waals surface area contributed by atoms with Gasteiger partial charge in [0.2, 0.25) is 5.76 Å². The zero-order valence-corrected chi connectivity index (χ0v) is 19.0. The van der Waals surface area contributed by atoms with Gasteiger partial charge >= 0.3 is 5.97 Å². The highest BCUT2D eigenvalue weighted by molar-refractivity contribution is 7.99. The van der Waals surface area contributed by atoms with E-state index >= 15 is 0 Å². The van der Waals surface area contributed by atoms with Crippen molar-refractivity contribution >= 4 is 46.0 Å². The highest BCUT2D eigenvalue weighted by Gasteiger charge is 2.29. The van der Waals surface area contributed by atoms with E-state index in [-0.39, 0.29) is 11.7 Å². The Labute approximate surface area is 195 Å². The van der Waals surface area contributed by atoms with E-state index in [2.05, 4.69) is 0 Å². The normalized spacial score (nSPS) is 12.2. The Bertz CT molecular complexity index is 1330. The third-order valence-electron chi connectivity index (χ3n) is 5.41. The fourth-order valence-corrected chi connectivity index (χ4v) is 4.94. The molecule has 33 heavy (non-hydrogen) atoms. The van der Waals surface area contributed by atoms with Crippen LogP contribution in [0.1, 0.15) is 23.0 Å². The summed E-state index contributed by atoms with van der Waals surface area (Å²) in [5, 5.41) is 0.773. The summed E-state index contributed by atoms with van der Waals surface area (Å²) in [4.78, 5) is 29.6. The predicted molar refractivity (Wildman–Crippen MR) is 127 cm³/mol. The number of carbonyl (C=O) groups is 2. The number of para-hydroxylation sites is 2. The lowest BCUT2D eigenvalue weighted by atomic mass is 10.1. The van der Waals surface area contributed by atoms with Crippen LogP contribution < -0.4 is 9.64 Å². The van der Waals surface area contributed by atoms with Crippen LogP contribution in [-0.4, -0.2) is 25.1 Å². The molecular formula is C26H21NO5S. The SMILES string of the molecule is CCOc1ccc2oc(C(=O)OCC(=O)N3c4ccccc4Sc4ccccc43)c(C)c2c1. The fraction of sp³-hybridized carbons (Fsp3) is 0.154. The zero-order valence-electron chi connectivity index (χ0n) is 18.2. The molecule has 0 atom stereocenters. The first kappa shape index (κ1) is 21.2.